The van der Waals surface area contributed by atoms with Crippen LogP contribution in [0.2, 0.25) is 0 Å². The standard InChI is InChI=1S/C21H24FN5O2/c1-14(28)24-17-8-7-16(15-5-3-2-4-6-15)20(29)21(17,22)18-13-19(26-25-18)27-11-9-23-10-12-27/h2-8,13,20,23,29H,9-12H2,1H3,(H,24,28)(H,25,26). The van der Waals surface area contributed by atoms with Crippen LogP contribution in [0, 0.1) is 0 Å². The van der Waals surface area contributed by atoms with Crippen LogP contribution in [-0.4, -0.2) is 53.5 Å². The zero-order valence-corrected chi connectivity index (χ0v) is 16.2. The second-order valence-electron chi connectivity index (χ2n) is 7.24. The number of aliphatic hydroxyl groups is 1. The van der Waals surface area contributed by atoms with Crippen LogP contribution >= 0.6 is 0 Å². The van der Waals surface area contributed by atoms with Crippen molar-refractivity contribution in [2.75, 3.05) is 31.1 Å². The summed E-state index contributed by atoms with van der Waals surface area (Å²) in [5.41, 5.74) is -1.15. The van der Waals surface area contributed by atoms with Gasteiger partial charge in [-0.25, -0.2) is 4.39 Å². The Morgan fingerprint density at radius 1 is 1.28 bits per heavy atom. The summed E-state index contributed by atoms with van der Waals surface area (Å²) in [4.78, 5) is 13.7. The van der Waals surface area contributed by atoms with Crippen molar-refractivity contribution in [1.29, 1.82) is 0 Å². The number of rotatable bonds is 4. The minimum Gasteiger partial charge on any atom is -0.384 e. The van der Waals surface area contributed by atoms with Gasteiger partial charge >= 0.3 is 0 Å². The second-order valence-corrected chi connectivity index (χ2v) is 7.24. The molecule has 1 aliphatic carbocycles. The summed E-state index contributed by atoms with van der Waals surface area (Å²) < 4.78 is 16.6. The van der Waals surface area contributed by atoms with E-state index in [9.17, 15) is 9.90 Å². The molecule has 0 bridgehead atoms. The van der Waals surface area contributed by atoms with Crippen LogP contribution in [0.15, 0.2) is 54.2 Å². The Kier molecular flexibility index (Phi) is 5.21. The predicted octanol–water partition coefficient (Wildman–Crippen LogP) is 1.46. The van der Waals surface area contributed by atoms with Gasteiger partial charge in [-0.1, -0.05) is 36.4 Å². The van der Waals surface area contributed by atoms with Gasteiger partial charge in [0.15, 0.2) is 5.82 Å². The van der Waals surface area contributed by atoms with Crippen molar-refractivity contribution in [2.24, 2.45) is 0 Å². The zero-order valence-electron chi connectivity index (χ0n) is 16.2. The number of anilines is 1. The fraction of sp³-hybridized carbons (Fsp3) is 0.333. The monoisotopic (exact) mass is 397 g/mol. The van der Waals surface area contributed by atoms with Crippen molar-refractivity contribution in [3.63, 3.8) is 0 Å². The van der Waals surface area contributed by atoms with Gasteiger partial charge in [-0.3, -0.25) is 9.89 Å². The number of carbonyl (C=O) groups excluding carboxylic acids is 1. The number of amides is 1. The molecule has 2 aromatic rings. The first-order chi connectivity index (χ1) is 14.0. The number of hydrogen-bond acceptors (Lipinski definition) is 5. The topological polar surface area (TPSA) is 93.3 Å². The first kappa shape index (κ1) is 19.4. The summed E-state index contributed by atoms with van der Waals surface area (Å²) in [6, 6.07) is 10.7. The van der Waals surface area contributed by atoms with Gasteiger partial charge in [0, 0.05) is 39.2 Å². The predicted molar refractivity (Wildman–Crippen MR) is 109 cm³/mol. The normalized spacial score (nSPS) is 24.7. The SMILES string of the molecule is CC(=O)NC1=CC=C(c2ccccc2)C(O)C1(F)c1cc(N2CCNCC2)n[nH]1. The molecule has 0 spiro atoms. The lowest BCUT2D eigenvalue weighted by Crippen LogP contribution is -2.45. The molecule has 4 N–H and O–H groups in total. The number of H-pyrrole nitrogens is 1. The summed E-state index contributed by atoms with van der Waals surface area (Å²) in [7, 11) is 0. The number of allylic oxidation sites excluding steroid dienone is 2. The number of benzene rings is 1. The van der Waals surface area contributed by atoms with Gasteiger partial charge in [0.2, 0.25) is 11.6 Å². The molecular weight excluding hydrogens is 373 g/mol. The highest BCUT2D eigenvalue weighted by Gasteiger charge is 2.49. The highest BCUT2D eigenvalue weighted by molar-refractivity contribution is 5.79. The fourth-order valence-electron chi connectivity index (χ4n) is 3.80. The van der Waals surface area contributed by atoms with E-state index in [4.69, 9.17) is 0 Å². The molecule has 29 heavy (non-hydrogen) atoms. The molecule has 7 nitrogen and oxygen atoms in total. The van der Waals surface area contributed by atoms with Crippen LogP contribution in [0.4, 0.5) is 10.2 Å². The van der Waals surface area contributed by atoms with Crippen molar-refractivity contribution < 1.29 is 14.3 Å². The molecule has 1 saturated heterocycles. The minimum atomic E-state index is -2.37. The molecule has 2 heterocycles. The fourth-order valence-corrected chi connectivity index (χ4v) is 3.80. The summed E-state index contributed by atoms with van der Waals surface area (Å²) in [5, 5.41) is 23.9. The molecule has 1 aromatic heterocycles. The van der Waals surface area contributed by atoms with Crippen LogP contribution in [0.1, 0.15) is 18.2 Å². The Morgan fingerprint density at radius 2 is 2.00 bits per heavy atom. The van der Waals surface area contributed by atoms with Crippen molar-refractivity contribution in [3.8, 4) is 0 Å². The average Bonchev–Trinajstić information content (AvgIpc) is 3.23. The smallest absolute Gasteiger partial charge is 0.221 e. The first-order valence-corrected chi connectivity index (χ1v) is 9.64. The maximum Gasteiger partial charge on any atom is 0.221 e. The van der Waals surface area contributed by atoms with E-state index in [1.54, 1.807) is 12.1 Å². The summed E-state index contributed by atoms with van der Waals surface area (Å²) in [5.74, 6) is 0.201. The molecular formula is C21H24FN5O2. The largest absolute Gasteiger partial charge is 0.384 e. The van der Waals surface area contributed by atoms with Crippen LogP contribution in [0.5, 0.6) is 0 Å². The van der Waals surface area contributed by atoms with Crippen molar-refractivity contribution in [1.82, 2.24) is 20.8 Å². The number of piperazine rings is 1. The van der Waals surface area contributed by atoms with Gasteiger partial charge in [0.05, 0.1) is 11.4 Å². The molecule has 8 heteroatoms. The van der Waals surface area contributed by atoms with Gasteiger partial charge in [-0.15, -0.1) is 0 Å². The van der Waals surface area contributed by atoms with Gasteiger partial charge in [-0.2, -0.15) is 5.10 Å². The lowest BCUT2D eigenvalue weighted by atomic mass is 9.80. The number of aromatic nitrogens is 2. The molecule has 2 atom stereocenters. The summed E-state index contributed by atoms with van der Waals surface area (Å²) >= 11 is 0. The molecule has 1 fully saturated rings. The van der Waals surface area contributed by atoms with E-state index < -0.39 is 17.7 Å². The van der Waals surface area contributed by atoms with Gasteiger partial charge in [-0.05, 0) is 17.2 Å². The Hall–Kier alpha value is -2.97. The highest BCUT2D eigenvalue weighted by Crippen LogP contribution is 2.44. The lowest BCUT2D eigenvalue weighted by Gasteiger charge is -2.35. The molecule has 2 unspecified atom stereocenters. The second kappa shape index (κ2) is 7.81. The number of nitrogens with zero attached hydrogens (tertiary/aromatic N) is 2. The number of alkyl halides is 1. The van der Waals surface area contributed by atoms with E-state index >= 15 is 4.39 Å². The van der Waals surface area contributed by atoms with Crippen LogP contribution in [0.25, 0.3) is 5.57 Å². The number of nitrogens with one attached hydrogen (secondary N) is 3. The molecule has 1 aliphatic heterocycles. The van der Waals surface area contributed by atoms with Crippen LogP contribution in [-0.2, 0) is 10.5 Å². The Labute approximate surface area is 168 Å². The molecule has 0 radical (unpaired) electrons. The van der Waals surface area contributed by atoms with E-state index in [0.717, 1.165) is 26.2 Å². The Morgan fingerprint density at radius 3 is 2.69 bits per heavy atom. The van der Waals surface area contributed by atoms with Gasteiger partial charge in [0.1, 0.15) is 6.10 Å². The number of aromatic amines is 1. The van der Waals surface area contributed by atoms with E-state index in [2.05, 4.69) is 20.8 Å². The summed E-state index contributed by atoms with van der Waals surface area (Å²) in [6.07, 6.45) is 1.62. The third-order valence-corrected chi connectivity index (χ3v) is 5.31. The number of aliphatic hydroxyl groups excluding tert-OH is 1. The summed E-state index contributed by atoms with van der Waals surface area (Å²) in [6.45, 7) is 4.47. The highest BCUT2D eigenvalue weighted by atomic mass is 19.1. The quantitative estimate of drug-likeness (QED) is 0.627. The van der Waals surface area contributed by atoms with Gasteiger partial charge < -0.3 is 20.6 Å². The maximum atomic E-state index is 16.6. The van der Waals surface area contributed by atoms with E-state index in [0.29, 0.717) is 17.0 Å². The molecule has 4 rings (SSSR count). The number of halogens is 1. The lowest BCUT2D eigenvalue weighted by molar-refractivity contribution is -0.119. The minimum absolute atomic E-state index is 0.0207. The average molecular weight is 397 g/mol. The number of hydrogen-bond donors (Lipinski definition) is 4. The molecule has 152 valence electrons. The van der Waals surface area contributed by atoms with Crippen LogP contribution in [0.3, 0.4) is 0 Å². The Balaban J connectivity index is 1.74. The molecule has 2 aliphatic rings. The van der Waals surface area contributed by atoms with Crippen molar-refractivity contribution >= 4 is 17.3 Å². The first-order valence-electron chi connectivity index (χ1n) is 9.64. The van der Waals surface area contributed by atoms with Gasteiger partial charge in [0.25, 0.3) is 0 Å². The van der Waals surface area contributed by atoms with E-state index in [1.165, 1.54) is 13.0 Å². The number of carbonyl (C=O) groups is 1. The zero-order chi connectivity index (χ0) is 20.4. The maximum absolute atomic E-state index is 16.6. The Bertz CT molecular complexity index is 949. The molecule has 1 amide bonds. The third-order valence-electron chi connectivity index (χ3n) is 5.31. The van der Waals surface area contributed by atoms with E-state index in [1.807, 2.05) is 35.2 Å². The van der Waals surface area contributed by atoms with Crippen molar-refractivity contribution in [2.45, 2.75) is 18.7 Å². The molecule has 1 aromatic carbocycles. The van der Waals surface area contributed by atoms with E-state index in [-0.39, 0.29) is 11.4 Å². The van der Waals surface area contributed by atoms with Crippen molar-refractivity contribution in [3.05, 3.63) is 65.5 Å². The van der Waals surface area contributed by atoms with Crippen LogP contribution < -0.4 is 15.5 Å². The third kappa shape index (κ3) is 3.56. The molecule has 0 saturated carbocycles.